The molecular weight excluding hydrogens is 470 g/mol. The fourth-order valence-electron chi connectivity index (χ4n) is 5.76. The van der Waals surface area contributed by atoms with Gasteiger partial charge in [0.05, 0.1) is 36.7 Å². The van der Waals surface area contributed by atoms with Crippen molar-refractivity contribution in [1.82, 2.24) is 15.2 Å². The summed E-state index contributed by atoms with van der Waals surface area (Å²) in [5.41, 5.74) is 7.03. The lowest BCUT2D eigenvalue weighted by Gasteiger charge is -2.39. The molecule has 0 bridgehead atoms. The van der Waals surface area contributed by atoms with Gasteiger partial charge in [0.1, 0.15) is 17.1 Å². The Morgan fingerprint density at radius 3 is 2.70 bits per heavy atom. The van der Waals surface area contributed by atoms with Crippen LogP contribution in [0.2, 0.25) is 0 Å². The highest BCUT2D eigenvalue weighted by atomic mass is 16.5. The summed E-state index contributed by atoms with van der Waals surface area (Å²) in [6, 6.07) is 8.75. The van der Waals surface area contributed by atoms with Gasteiger partial charge in [-0.2, -0.15) is 0 Å². The van der Waals surface area contributed by atoms with Crippen molar-refractivity contribution in [3.8, 4) is 11.5 Å². The average molecular weight is 506 g/mol. The normalized spacial score (nSPS) is 26.3. The minimum atomic E-state index is -0.556. The molecule has 3 aliphatic rings. The standard InChI is InChI=1S/C28H35N5O4/c1-27(2)14-22(34)33(26(29)32-27)24(16-8-7-11-30-15-16)17-12-18(17)25(35)31-19-13-28(3,4)37-21-10-6-9-20(36-5)23(19)21/h6-11,15,17-19,24H,12-14H2,1-5H3,(H2,29,32)(H,31,35)/t17-,18?,19?,24+/m0/s1. The van der Waals surface area contributed by atoms with Crippen LogP contribution in [0.15, 0.2) is 47.7 Å². The van der Waals surface area contributed by atoms with E-state index < -0.39 is 17.2 Å². The van der Waals surface area contributed by atoms with Crippen LogP contribution in [0, 0.1) is 11.8 Å². The average Bonchev–Trinajstić information content (AvgIpc) is 3.60. The number of ether oxygens (including phenoxy) is 2. The molecule has 0 spiro atoms. The molecule has 37 heavy (non-hydrogen) atoms. The van der Waals surface area contributed by atoms with Crippen molar-refractivity contribution >= 4 is 17.8 Å². The summed E-state index contributed by atoms with van der Waals surface area (Å²) >= 11 is 0. The summed E-state index contributed by atoms with van der Waals surface area (Å²) in [4.78, 5) is 37.3. The molecule has 4 atom stereocenters. The number of pyridine rings is 1. The molecule has 3 heterocycles. The first-order chi connectivity index (χ1) is 17.5. The molecule has 9 nitrogen and oxygen atoms in total. The Labute approximate surface area is 217 Å². The predicted molar refractivity (Wildman–Crippen MR) is 139 cm³/mol. The van der Waals surface area contributed by atoms with E-state index >= 15 is 0 Å². The van der Waals surface area contributed by atoms with E-state index in [1.807, 2.05) is 58.0 Å². The van der Waals surface area contributed by atoms with Crippen LogP contribution in [-0.4, -0.2) is 45.9 Å². The van der Waals surface area contributed by atoms with Crippen LogP contribution in [0.1, 0.15) is 70.2 Å². The van der Waals surface area contributed by atoms with Gasteiger partial charge in [0.2, 0.25) is 11.8 Å². The molecule has 5 rings (SSSR count). The molecule has 0 saturated heterocycles. The van der Waals surface area contributed by atoms with Crippen molar-refractivity contribution in [2.45, 2.75) is 70.2 Å². The molecule has 1 saturated carbocycles. The number of amides is 2. The minimum Gasteiger partial charge on any atom is -0.496 e. The van der Waals surface area contributed by atoms with Crippen LogP contribution in [0.5, 0.6) is 11.5 Å². The lowest BCUT2D eigenvalue weighted by atomic mass is 9.89. The van der Waals surface area contributed by atoms with E-state index in [2.05, 4.69) is 15.3 Å². The second kappa shape index (κ2) is 9.04. The number of hydrogen-bond acceptors (Lipinski definition) is 7. The number of carbonyl (C=O) groups is 2. The minimum absolute atomic E-state index is 0.0567. The van der Waals surface area contributed by atoms with E-state index in [4.69, 9.17) is 15.2 Å². The van der Waals surface area contributed by atoms with Gasteiger partial charge in [0, 0.05) is 24.7 Å². The van der Waals surface area contributed by atoms with Crippen molar-refractivity contribution < 1.29 is 19.1 Å². The summed E-state index contributed by atoms with van der Waals surface area (Å²) in [5, 5.41) is 3.26. The van der Waals surface area contributed by atoms with Gasteiger partial charge in [-0.25, -0.2) is 4.99 Å². The number of methoxy groups -OCH3 is 1. The second-order valence-corrected chi connectivity index (χ2v) is 11.5. The first-order valence-electron chi connectivity index (χ1n) is 12.7. The zero-order valence-corrected chi connectivity index (χ0v) is 22.0. The summed E-state index contributed by atoms with van der Waals surface area (Å²) < 4.78 is 11.8. The summed E-state index contributed by atoms with van der Waals surface area (Å²) in [5.74, 6) is 1.06. The number of carbonyl (C=O) groups excluding carboxylic acids is 2. The Morgan fingerprint density at radius 1 is 1.24 bits per heavy atom. The number of nitrogens with zero attached hydrogens (tertiary/aromatic N) is 3. The fourth-order valence-corrected chi connectivity index (χ4v) is 5.76. The number of fused-ring (bicyclic) bond motifs is 1. The van der Waals surface area contributed by atoms with Crippen molar-refractivity contribution in [1.29, 1.82) is 0 Å². The molecule has 0 radical (unpaired) electrons. The predicted octanol–water partition coefficient (Wildman–Crippen LogP) is 3.51. The molecule has 9 heteroatoms. The number of aromatic nitrogens is 1. The number of benzene rings is 1. The van der Waals surface area contributed by atoms with E-state index in [0.717, 1.165) is 11.1 Å². The van der Waals surface area contributed by atoms with Crippen molar-refractivity contribution in [2.24, 2.45) is 22.6 Å². The fraction of sp³-hybridized carbons (Fsp3) is 0.500. The largest absolute Gasteiger partial charge is 0.496 e. The quantitative estimate of drug-likeness (QED) is 0.620. The molecule has 2 amide bonds. The topological polar surface area (TPSA) is 119 Å². The number of aliphatic imine (C=N–C) groups is 1. The van der Waals surface area contributed by atoms with Gasteiger partial charge in [-0.1, -0.05) is 12.1 Å². The molecule has 1 fully saturated rings. The molecule has 196 valence electrons. The third-order valence-corrected chi connectivity index (χ3v) is 7.40. The first-order valence-corrected chi connectivity index (χ1v) is 12.7. The van der Waals surface area contributed by atoms with Gasteiger partial charge >= 0.3 is 0 Å². The number of guanidine groups is 1. The van der Waals surface area contributed by atoms with E-state index in [0.29, 0.717) is 24.3 Å². The number of nitrogens with one attached hydrogen (secondary N) is 1. The SMILES string of the molecule is COc1cccc2c1C(NC(=O)C1C[C@@H]1[C@@H](c1cccnc1)N1C(=O)CC(C)(C)N=C1N)CC(C)(C)O2. The molecule has 2 aliphatic heterocycles. The highest BCUT2D eigenvalue weighted by molar-refractivity contribution is 5.99. The van der Waals surface area contributed by atoms with Gasteiger partial charge in [0.15, 0.2) is 5.96 Å². The maximum atomic E-state index is 13.6. The van der Waals surface area contributed by atoms with E-state index in [1.165, 1.54) is 0 Å². The van der Waals surface area contributed by atoms with E-state index in [9.17, 15) is 9.59 Å². The summed E-state index contributed by atoms with van der Waals surface area (Å²) in [6.07, 6.45) is 4.92. The van der Waals surface area contributed by atoms with Gasteiger partial charge in [-0.15, -0.1) is 0 Å². The highest BCUT2D eigenvalue weighted by Crippen LogP contribution is 2.52. The molecule has 3 N–H and O–H groups in total. The smallest absolute Gasteiger partial charge is 0.232 e. The Hall–Kier alpha value is -3.62. The van der Waals surface area contributed by atoms with Crippen LogP contribution < -0.4 is 20.5 Å². The Bertz CT molecular complexity index is 1240. The van der Waals surface area contributed by atoms with Crippen molar-refractivity contribution in [3.05, 3.63) is 53.9 Å². The molecule has 1 aliphatic carbocycles. The van der Waals surface area contributed by atoms with Gasteiger partial charge in [-0.05, 0) is 63.8 Å². The Kier molecular flexibility index (Phi) is 6.12. The third kappa shape index (κ3) is 4.86. The summed E-state index contributed by atoms with van der Waals surface area (Å²) in [7, 11) is 1.62. The van der Waals surface area contributed by atoms with Crippen molar-refractivity contribution in [3.63, 3.8) is 0 Å². The summed E-state index contributed by atoms with van der Waals surface area (Å²) in [6.45, 7) is 7.81. The number of rotatable bonds is 6. The maximum Gasteiger partial charge on any atom is 0.232 e. The monoisotopic (exact) mass is 505 g/mol. The number of nitrogens with two attached hydrogens (primary N) is 1. The Morgan fingerprint density at radius 2 is 2.03 bits per heavy atom. The van der Waals surface area contributed by atoms with Gasteiger partial charge in [0.25, 0.3) is 0 Å². The molecular formula is C28H35N5O4. The Balaban J connectivity index is 1.41. The zero-order chi connectivity index (χ0) is 26.5. The molecule has 1 aromatic heterocycles. The lowest BCUT2D eigenvalue weighted by Crippen LogP contribution is -2.52. The highest BCUT2D eigenvalue weighted by Gasteiger charge is 2.53. The van der Waals surface area contributed by atoms with Crippen LogP contribution in [0.3, 0.4) is 0 Å². The molecule has 2 unspecified atom stereocenters. The zero-order valence-electron chi connectivity index (χ0n) is 22.0. The van der Waals surface area contributed by atoms with Crippen LogP contribution in [0.4, 0.5) is 0 Å². The van der Waals surface area contributed by atoms with Crippen LogP contribution in [0.25, 0.3) is 0 Å². The van der Waals surface area contributed by atoms with Crippen LogP contribution >= 0.6 is 0 Å². The van der Waals surface area contributed by atoms with E-state index in [-0.39, 0.29) is 42.1 Å². The van der Waals surface area contributed by atoms with Crippen molar-refractivity contribution in [2.75, 3.05) is 7.11 Å². The van der Waals surface area contributed by atoms with Crippen LogP contribution in [-0.2, 0) is 9.59 Å². The van der Waals surface area contributed by atoms with E-state index in [1.54, 1.807) is 24.4 Å². The first kappa shape index (κ1) is 25.0. The van der Waals surface area contributed by atoms with Gasteiger partial charge in [-0.3, -0.25) is 19.5 Å². The van der Waals surface area contributed by atoms with Gasteiger partial charge < -0.3 is 20.5 Å². The number of hydrogen-bond donors (Lipinski definition) is 2. The maximum absolute atomic E-state index is 13.6. The molecule has 2 aromatic rings. The third-order valence-electron chi connectivity index (χ3n) is 7.40. The lowest BCUT2D eigenvalue weighted by molar-refractivity contribution is -0.132. The second-order valence-electron chi connectivity index (χ2n) is 11.5. The molecule has 1 aromatic carbocycles.